The van der Waals surface area contributed by atoms with Crippen LogP contribution in [0.2, 0.25) is 0 Å². The van der Waals surface area contributed by atoms with Gasteiger partial charge in [0.15, 0.2) is 0 Å². The number of hydrogen-bond acceptors (Lipinski definition) is 2. The van der Waals surface area contributed by atoms with Gasteiger partial charge in [0.05, 0.1) is 11.0 Å². The predicted molar refractivity (Wildman–Crippen MR) is 105 cm³/mol. The van der Waals surface area contributed by atoms with Gasteiger partial charge >= 0.3 is 0 Å². The molecular weight excluding hydrogens is 322 g/mol. The molecule has 0 saturated carbocycles. The molecule has 0 aliphatic carbocycles. The number of hydrogen-bond donors (Lipinski definition) is 0. The Labute approximate surface area is 154 Å². The Bertz CT molecular complexity index is 914. The molecule has 0 N–H and O–H groups in total. The molecule has 1 aliphatic rings. The van der Waals surface area contributed by atoms with E-state index in [1.807, 2.05) is 41.3 Å². The summed E-state index contributed by atoms with van der Waals surface area (Å²) in [7, 11) is 0. The number of carbonyl (C=O) groups is 1. The van der Waals surface area contributed by atoms with Crippen molar-refractivity contribution < 1.29 is 4.79 Å². The minimum Gasteiger partial charge on any atom is -0.328 e. The van der Waals surface area contributed by atoms with E-state index in [1.165, 1.54) is 5.52 Å². The zero-order valence-corrected chi connectivity index (χ0v) is 15.4. The van der Waals surface area contributed by atoms with Crippen LogP contribution in [-0.2, 0) is 11.3 Å². The second-order valence-electron chi connectivity index (χ2n) is 7.53. The minimum atomic E-state index is 0.141. The largest absolute Gasteiger partial charge is 0.328 e. The highest BCUT2D eigenvalue weighted by Crippen LogP contribution is 2.33. The number of carbonyl (C=O) groups excluding carboxylic acids is 1. The fourth-order valence-corrected chi connectivity index (χ4v) is 3.77. The number of amides is 1. The molecule has 2 aromatic carbocycles. The smallest absolute Gasteiger partial charge is 0.227 e. The van der Waals surface area contributed by atoms with Crippen molar-refractivity contribution in [2.24, 2.45) is 5.92 Å². The molecule has 1 unspecified atom stereocenters. The summed E-state index contributed by atoms with van der Waals surface area (Å²) in [5, 5.41) is 0. The van der Waals surface area contributed by atoms with Crippen molar-refractivity contribution >= 4 is 22.6 Å². The summed E-state index contributed by atoms with van der Waals surface area (Å²) in [5.74, 6) is 2.01. The average Bonchev–Trinajstić information content (AvgIpc) is 3.21. The molecule has 0 bridgehead atoms. The second-order valence-corrected chi connectivity index (χ2v) is 7.53. The van der Waals surface area contributed by atoms with Gasteiger partial charge in [-0.25, -0.2) is 4.98 Å². The van der Waals surface area contributed by atoms with Gasteiger partial charge in [-0.1, -0.05) is 44.2 Å². The van der Waals surface area contributed by atoms with Crippen LogP contribution < -0.4 is 4.90 Å². The van der Waals surface area contributed by atoms with E-state index in [-0.39, 0.29) is 11.8 Å². The Morgan fingerprint density at radius 3 is 2.58 bits per heavy atom. The van der Waals surface area contributed by atoms with Gasteiger partial charge < -0.3 is 9.47 Å². The van der Waals surface area contributed by atoms with Crippen molar-refractivity contribution in [3.63, 3.8) is 0 Å². The summed E-state index contributed by atoms with van der Waals surface area (Å²) in [6.07, 6.45) is 1.64. The Morgan fingerprint density at radius 1 is 1.08 bits per heavy atom. The lowest BCUT2D eigenvalue weighted by Gasteiger charge is -2.17. The molecule has 3 aromatic rings. The third kappa shape index (κ3) is 3.12. The first-order valence-corrected chi connectivity index (χ1v) is 9.44. The number of aryl methyl sites for hydroxylation is 1. The summed E-state index contributed by atoms with van der Waals surface area (Å²) in [6, 6.07) is 18.2. The number of rotatable bonds is 5. The van der Waals surface area contributed by atoms with Crippen LogP contribution in [0.3, 0.4) is 0 Å². The van der Waals surface area contributed by atoms with E-state index in [0.717, 1.165) is 30.0 Å². The highest BCUT2D eigenvalue weighted by atomic mass is 16.2. The monoisotopic (exact) mass is 347 g/mol. The van der Waals surface area contributed by atoms with Crippen molar-refractivity contribution in [2.75, 3.05) is 11.4 Å². The molecule has 1 aromatic heterocycles. The van der Waals surface area contributed by atoms with Crippen LogP contribution in [0.4, 0.5) is 5.69 Å². The molecule has 134 valence electrons. The maximum Gasteiger partial charge on any atom is 0.227 e. The normalized spacial score (nSPS) is 17.6. The fourth-order valence-electron chi connectivity index (χ4n) is 3.77. The van der Waals surface area contributed by atoms with Crippen LogP contribution >= 0.6 is 0 Å². The van der Waals surface area contributed by atoms with Crippen LogP contribution in [0.15, 0.2) is 54.6 Å². The molecule has 1 aliphatic heterocycles. The maximum absolute atomic E-state index is 12.6. The number of fused-ring (bicyclic) bond motifs is 1. The second kappa shape index (κ2) is 6.94. The number of para-hydroxylation sites is 3. The fraction of sp³-hybridized carbons (Fsp3) is 0.364. The molecule has 1 atom stereocenters. The number of anilines is 1. The highest BCUT2D eigenvalue weighted by molar-refractivity contribution is 5.96. The number of imidazole rings is 1. The van der Waals surface area contributed by atoms with Gasteiger partial charge in [0.2, 0.25) is 5.91 Å². The van der Waals surface area contributed by atoms with Gasteiger partial charge in [0, 0.05) is 31.1 Å². The van der Waals surface area contributed by atoms with Crippen LogP contribution in [0, 0.1) is 5.92 Å². The molecule has 0 radical (unpaired) electrons. The number of benzene rings is 2. The lowest BCUT2D eigenvalue weighted by Crippen LogP contribution is -2.24. The van der Waals surface area contributed by atoms with E-state index in [2.05, 4.69) is 36.6 Å². The van der Waals surface area contributed by atoms with Gasteiger partial charge in [-0.15, -0.1) is 0 Å². The standard InChI is InChI=1S/C22H25N3O/c1-16(2)12-13-24-20-11-7-6-10-19(20)23-22(24)17-14-21(26)25(15-17)18-8-4-3-5-9-18/h3-11,16-17H,12-15H2,1-2H3. The van der Waals surface area contributed by atoms with Gasteiger partial charge in [-0.3, -0.25) is 4.79 Å². The molecule has 0 spiro atoms. The highest BCUT2D eigenvalue weighted by Gasteiger charge is 2.34. The average molecular weight is 347 g/mol. The molecule has 1 amide bonds. The summed E-state index contributed by atoms with van der Waals surface area (Å²) >= 11 is 0. The van der Waals surface area contributed by atoms with Gasteiger partial charge in [0.25, 0.3) is 0 Å². The maximum atomic E-state index is 12.6. The molecule has 26 heavy (non-hydrogen) atoms. The van der Waals surface area contributed by atoms with E-state index < -0.39 is 0 Å². The van der Waals surface area contributed by atoms with Crippen molar-refractivity contribution in [3.8, 4) is 0 Å². The number of aromatic nitrogens is 2. The summed E-state index contributed by atoms with van der Waals surface area (Å²) in [4.78, 5) is 19.5. The first kappa shape index (κ1) is 16.8. The van der Waals surface area contributed by atoms with Crippen LogP contribution in [-0.4, -0.2) is 22.0 Å². The van der Waals surface area contributed by atoms with Gasteiger partial charge in [0.1, 0.15) is 5.82 Å². The first-order chi connectivity index (χ1) is 12.6. The Morgan fingerprint density at radius 2 is 1.81 bits per heavy atom. The van der Waals surface area contributed by atoms with Crippen LogP contribution in [0.25, 0.3) is 11.0 Å². The van der Waals surface area contributed by atoms with Gasteiger partial charge in [-0.2, -0.15) is 0 Å². The van der Waals surface area contributed by atoms with Crippen molar-refractivity contribution in [3.05, 3.63) is 60.4 Å². The molecule has 4 rings (SSSR count). The Kier molecular flexibility index (Phi) is 4.49. The molecule has 1 fully saturated rings. The van der Waals surface area contributed by atoms with E-state index in [0.29, 0.717) is 18.9 Å². The van der Waals surface area contributed by atoms with Crippen molar-refractivity contribution in [2.45, 2.75) is 39.2 Å². The summed E-state index contributed by atoms with van der Waals surface area (Å²) < 4.78 is 2.34. The SMILES string of the molecule is CC(C)CCn1c(C2CC(=O)N(c3ccccc3)C2)nc2ccccc21. The molecule has 4 nitrogen and oxygen atoms in total. The topological polar surface area (TPSA) is 38.1 Å². The van der Waals surface area contributed by atoms with Crippen LogP contribution in [0.5, 0.6) is 0 Å². The van der Waals surface area contributed by atoms with Crippen molar-refractivity contribution in [1.29, 1.82) is 0 Å². The third-order valence-corrected chi connectivity index (χ3v) is 5.17. The van der Waals surface area contributed by atoms with E-state index in [4.69, 9.17) is 4.98 Å². The molecule has 1 saturated heterocycles. The number of nitrogens with zero attached hydrogens (tertiary/aromatic N) is 3. The molecule has 2 heterocycles. The molecular formula is C22H25N3O. The van der Waals surface area contributed by atoms with E-state index in [9.17, 15) is 4.79 Å². The summed E-state index contributed by atoms with van der Waals surface area (Å²) in [5.41, 5.74) is 3.18. The minimum absolute atomic E-state index is 0.141. The van der Waals surface area contributed by atoms with E-state index in [1.54, 1.807) is 0 Å². The molecule has 4 heteroatoms. The first-order valence-electron chi connectivity index (χ1n) is 9.44. The van der Waals surface area contributed by atoms with Gasteiger partial charge in [-0.05, 0) is 36.6 Å². The van der Waals surface area contributed by atoms with Crippen LogP contribution in [0.1, 0.15) is 38.4 Å². The Balaban J connectivity index is 1.68. The van der Waals surface area contributed by atoms with E-state index >= 15 is 0 Å². The zero-order valence-electron chi connectivity index (χ0n) is 15.4. The lowest BCUT2D eigenvalue weighted by atomic mass is 10.1. The third-order valence-electron chi connectivity index (χ3n) is 5.17. The quantitative estimate of drug-likeness (QED) is 0.676. The predicted octanol–water partition coefficient (Wildman–Crippen LogP) is 4.60. The zero-order chi connectivity index (χ0) is 18.1. The Hall–Kier alpha value is -2.62. The lowest BCUT2D eigenvalue weighted by molar-refractivity contribution is -0.117. The van der Waals surface area contributed by atoms with Crippen molar-refractivity contribution in [1.82, 2.24) is 9.55 Å². The summed E-state index contributed by atoms with van der Waals surface area (Å²) in [6.45, 7) is 6.14.